The lowest BCUT2D eigenvalue weighted by molar-refractivity contribution is -0.142. The minimum atomic E-state index is -3.94. The van der Waals surface area contributed by atoms with Crippen LogP contribution < -0.4 is 15.4 Å². The monoisotopic (exact) mass is 762 g/mol. The van der Waals surface area contributed by atoms with Crippen molar-refractivity contribution in [2.45, 2.75) is 107 Å². The summed E-state index contributed by atoms with van der Waals surface area (Å²) in [5.74, 6) is -3.94. The van der Waals surface area contributed by atoms with Gasteiger partial charge in [-0.15, -0.1) is 0 Å². The zero-order chi connectivity index (χ0) is 39.0. The van der Waals surface area contributed by atoms with Gasteiger partial charge in [0.15, 0.2) is 0 Å². The Morgan fingerprint density at radius 3 is 2.43 bits per heavy atom. The Labute approximate surface area is 307 Å². The van der Waals surface area contributed by atoms with Gasteiger partial charge in [0.1, 0.15) is 35.1 Å². The van der Waals surface area contributed by atoms with Crippen LogP contribution in [-0.4, -0.2) is 114 Å². The normalized spacial score (nSPS) is 24.0. The van der Waals surface area contributed by atoms with Crippen LogP contribution in [-0.2, 0) is 51.8 Å². The quantitative estimate of drug-likeness (QED) is 0.263. The van der Waals surface area contributed by atoms with Crippen molar-refractivity contribution >= 4 is 45.8 Å². The van der Waals surface area contributed by atoms with Crippen LogP contribution in [0.25, 0.3) is 0 Å². The highest BCUT2D eigenvalue weighted by molar-refractivity contribution is 7.91. The lowest BCUT2D eigenvalue weighted by Gasteiger charge is -2.31. The van der Waals surface area contributed by atoms with Gasteiger partial charge in [0.25, 0.3) is 5.91 Å². The first-order chi connectivity index (χ1) is 24.8. The maximum Gasteiger partial charge on any atom is 0.410 e. The van der Waals surface area contributed by atoms with Crippen molar-refractivity contribution in [3.8, 4) is 0 Å². The van der Waals surface area contributed by atoms with E-state index in [0.717, 1.165) is 15.9 Å². The van der Waals surface area contributed by atoms with Gasteiger partial charge in [-0.3, -0.25) is 28.8 Å². The van der Waals surface area contributed by atoms with Crippen LogP contribution in [0.2, 0.25) is 0 Å². The molecule has 53 heavy (non-hydrogen) atoms. The van der Waals surface area contributed by atoms with Crippen molar-refractivity contribution in [2.75, 3.05) is 20.1 Å². The van der Waals surface area contributed by atoms with E-state index in [2.05, 4.69) is 21.9 Å². The number of ether oxygens (including phenoxy) is 2. The molecule has 1 aromatic carbocycles. The van der Waals surface area contributed by atoms with Gasteiger partial charge in [-0.25, -0.2) is 22.4 Å². The zero-order valence-corrected chi connectivity index (χ0v) is 31.3. The number of likely N-dealkylation sites (N-methyl/N-ethyl adjacent to an activating group) is 1. The Balaban J connectivity index is 1.40. The van der Waals surface area contributed by atoms with E-state index in [-0.39, 0.29) is 39.0 Å². The van der Waals surface area contributed by atoms with Gasteiger partial charge in [-0.05, 0) is 63.7 Å². The molecule has 18 heteroatoms. The van der Waals surface area contributed by atoms with Crippen LogP contribution in [0.5, 0.6) is 0 Å². The summed E-state index contributed by atoms with van der Waals surface area (Å²) in [4.78, 5) is 84.1. The van der Waals surface area contributed by atoms with E-state index in [1.807, 2.05) is 0 Å². The molecule has 1 aromatic rings. The molecule has 0 bridgehead atoms. The maximum absolute atomic E-state index is 14.4. The van der Waals surface area contributed by atoms with Crippen LogP contribution in [0, 0.1) is 11.7 Å². The molecule has 2 saturated carbocycles. The summed E-state index contributed by atoms with van der Waals surface area (Å²) in [5, 5.41) is 4.51. The van der Waals surface area contributed by atoms with E-state index in [9.17, 15) is 41.6 Å². The summed E-state index contributed by atoms with van der Waals surface area (Å²) in [6, 6.07) is 1.70. The van der Waals surface area contributed by atoms with Crippen molar-refractivity contribution in [1.82, 2.24) is 30.1 Å². The van der Waals surface area contributed by atoms with Crippen molar-refractivity contribution < 1.29 is 51.0 Å². The van der Waals surface area contributed by atoms with Crippen molar-refractivity contribution in [3.05, 3.63) is 47.8 Å². The molecule has 5 rings (SSSR count). The van der Waals surface area contributed by atoms with Crippen LogP contribution >= 0.6 is 0 Å². The summed E-state index contributed by atoms with van der Waals surface area (Å²) in [6.45, 7) is 9.44. The number of carbonyl (C=O) groups excluding carboxylic acids is 6. The fraction of sp³-hybridized carbons (Fsp3) is 0.600. The molecule has 0 radical (unpaired) electrons. The topological polar surface area (TPSA) is 201 Å². The minimum absolute atomic E-state index is 0.0501. The second kappa shape index (κ2) is 14.9. The maximum atomic E-state index is 14.4. The molecule has 0 spiro atoms. The largest absolute Gasteiger partial charge is 0.444 e. The average Bonchev–Trinajstić information content (AvgIpc) is 3.97. The molecule has 0 aromatic heterocycles. The van der Waals surface area contributed by atoms with E-state index < -0.39 is 92.2 Å². The molecular weight excluding hydrogens is 715 g/mol. The SMILES string of the molecule is C=CC(=O)N(C)CC(NC(=O)OC(C)(C)C)C(=O)N1CC(OC(=O)N2Cc3cccc(F)c3C2)CC1C(=O)NC1(C(=O)NS(=O)(=O)C2CC2)CC1CC. The molecule has 1 saturated heterocycles. The van der Waals surface area contributed by atoms with E-state index in [4.69, 9.17) is 9.47 Å². The summed E-state index contributed by atoms with van der Waals surface area (Å²) < 4.78 is 53.0. The molecule has 4 aliphatic rings. The summed E-state index contributed by atoms with van der Waals surface area (Å²) in [5.41, 5.74) is -1.55. The van der Waals surface area contributed by atoms with Crippen LogP contribution in [0.3, 0.4) is 0 Å². The summed E-state index contributed by atoms with van der Waals surface area (Å²) >= 11 is 0. The number of alkyl carbamates (subject to hydrolysis) is 1. The second-order valence-electron chi connectivity index (χ2n) is 15.0. The number of amides is 6. The molecule has 2 aliphatic carbocycles. The van der Waals surface area contributed by atoms with Gasteiger partial charge < -0.3 is 29.9 Å². The predicted octanol–water partition coefficient (Wildman–Crippen LogP) is 1.68. The third-order valence-electron chi connectivity index (χ3n) is 9.84. The fourth-order valence-corrected chi connectivity index (χ4v) is 8.12. The molecule has 2 aliphatic heterocycles. The molecule has 2 heterocycles. The lowest BCUT2D eigenvalue weighted by Crippen LogP contribution is -2.60. The van der Waals surface area contributed by atoms with E-state index in [1.165, 1.54) is 24.1 Å². The van der Waals surface area contributed by atoms with E-state index in [1.54, 1.807) is 33.8 Å². The molecule has 290 valence electrons. The summed E-state index contributed by atoms with van der Waals surface area (Å²) in [7, 11) is -2.56. The first-order valence-corrected chi connectivity index (χ1v) is 19.1. The van der Waals surface area contributed by atoms with Crippen LogP contribution in [0.1, 0.15) is 70.9 Å². The van der Waals surface area contributed by atoms with Gasteiger partial charge >= 0.3 is 12.2 Å². The Kier molecular flexibility index (Phi) is 11.1. The number of hydrogen-bond donors (Lipinski definition) is 3. The average molecular weight is 763 g/mol. The number of nitrogens with zero attached hydrogens (tertiary/aromatic N) is 3. The van der Waals surface area contributed by atoms with Gasteiger partial charge in [0.2, 0.25) is 27.7 Å². The number of halogens is 1. The predicted molar refractivity (Wildman–Crippen MR) is 186 cm³/mol. The van der Waals surface area contributed by atoms with Gasteiger partial charge in [-0.1, -0.05) is 32.1 Å². The molecule has 6 amide bonds. The second-order valence-corrected chi connectivity index (χ2v) is 17.0. The molecule has 3 N–H and O–H groups in total. The number of rotatable bonds is 12. The van der Waals surface area contributed by atoms with Gasteiger partial charge in [0, 0.05) is 25.6 Å². The Bertz CT molecular complexity index is 1800. The number of fused-ring (bicyclic) bond motifs is 1. The molecule has 3 fully saturated rings. The number of likely N-dealkylation sites (tertiary alicyclic amines) is 1. The highest BCUT2D eigenvalue weighted by atomic mass is 32.2. The van der Waals surface area contributed by atoms with Gasteiger partial charge in [-0.2, -0.15) is 0 Å². The summed E-state index contributed by atoms with van der Waals surface area (Å²) in [6.07, 6.45) is -0.624. The van der Waals surface area contributed by atoms with Crippen molar-refractivity contribution in [2.24, 2.45) is 5.92 Å². The number of carbonyl (C=O) groups is 6. The highest BCUT2D eigenvalue weighted by Crippen LogP contribution is 2.47. The zero-order valence-electron chi connectivity index (χ0n) is 30.5. The number of nitrogens with one attached hydrogen (secondary N) is 3. The Morgan fingerprint density at radius 2 is 1.85 bits per heavy atom. The number of sulfonamides is 1. The molecule has 5 atom stereocenters. The Hall–Kier alpha value is -4.74. The fourth-order valence-electron chi connectivity index (χ4n) is 6.75. The smallest absolute Gasteiger partial charge is 0.410 e. The molecule has 16 nitrogen and oxygen atoms in total. The van der Waals surface area contributed by atoms with E-state index in [0.29, 0.717) is 30.4 Å². The number of benzene rings is 1. The lowest BCUT2D eigenvalue weighted by atomic mass is 10.1. The van der Waals surface area contributed by atoms with Crippen LogP contribution in [0.4, 0.5) is 14.0 Å². The van der Waals surface area contributed by atoms with Gasteiger partial charge in [0.05, 0.1) is 24.9 Å². The number of hydrogen-bond acceptors (Lipinski definition) is 10. The van der Waals surface area contributed by atoms with E-state index >= 15 is 0 Å². The van der Waals surface area contributed by atoms with Crippen molar-refractivity contribution in [3.63, 3.8) is 0 Å². The standard InChI is InChI=1S/C35H47FN6O10S/c1-7-21-15-35(21,31(46)39-53(49,50)23-12-13-23)38-29(44)27-14-22(51-33(48)41-16-20-10-9-11-25(36)24(20)18-41)17-42(27)30(45)26(19-40(6)28(43)8-2)37-32(47)52-34(3,4)5/h8-11,21-23,26-27H,2,7,12-19H2,1,3-6H3,(H,37,47)(H,38,44)(H,39,46). The highest BCUT2D eigenvalue weighted by Gasteiger charge is 2.62. The minimum Gasteiger partial charge on any atom is -0.444 e. The van der Waals surface area contributed by atoms with Crippen LogP contribution in [0.15, 0.2) is 30.9 Å². The van der Waals surface area contributed by atoms with Crippen molar-refractivity contribution in [1.29, 1.82) is 0 Å². The first-order valence-electron chi connectivity index (χ1n) is 17.6. The molecule has 5 unspecified atom stereocenters. The molecular formula is C35H47FN6O10S. The first kappa shape index (κ1) is 39.5. The Morgan fingerprint density at radius 1 is 1.15 bits per heavy atom. The third kappa shape index (κ3) is 8.91. The third-order valence-corrected chi connectivity index (χ3v) is 11.7.